The lowest BCUT2D eigenvalue weighted by atomic mass is 10.3. The summed E-state index contributed by atoms with van der Waals surface area (Å²) in [6.07, 6.45) is 4.28. The van der Waals surface area contributed by atoms with E-state index >= 15 is 0 Å². The minimum absolute atomic E-state index is 0.290. The maximum Gasteiger partial charge on any atom is 0.333 e. The van der Waals surface area contributed by atoms with Crippen LogP contribution in [0.1, 0.15) is 39.5 Å². The molecule has 4 heteroatoms. The number of hydrogen-bond donors (Lipinski definition) is 0. The van der Waals surface area contributed by atoms with Crippen molar-refractivity contribution in [2.45, 2.75) is 39.5 Å². The molecule has 0 aliphatic rings. The fourth-order valence-corrected chi connectivity index (χ4v) is 1.18. The zero-order chi connectivity index (χ0) is 13.6. The second-order valence-corrected chi connectivity index (χ2v) is 4.20. The van der Waals surface area contributed by atoms with Crippen molar-refractivity contribution in [3.8, 4) is 0 Å². The molecule has 0 unspecified atom stereocenters. The van der Waals surface area contributed by atoms with Crippen LogP contribution in [-0.2, 0) is 19.0 Å². The highest BCUT2D eigenvalue weighted by molar-refractivity contribution is 5.86. The van der Waals surface area contributed by atoms with Crippen LogP contribution in [0.4, 0.5) is 0 Å². The topological polar surface area (TPSA) is 44.8 Å². The summed E-state index contributed by atoms with van der Waals surface area (Å²) in [5.74, 6) is -0.358. The number of unbranched alkanes of at least 4 members (excludes halogenated alkanes) is 2. The Morgan fingerprint density at radius 2 is 1.50 bits per heavy atom. The van der Waals surface area contributed by atoms with Crippen molar-refractivity contribution in [2.24, 2.45) is 0 Å². The summed E-state index contributed by atoms with van der Waals surface area (Å²) in [7, 11) is 0. The van der Waals surface area contributed by atoms with Gasteiger partial charge in [0.05, 0.1) is 6.61 Å². The number of carbonyl (C=O) groups excluding carboxylic acids is 1. The fourth-order valence-electron chi connectivity index (χ4n) is 1.18. The van der Waals surface area contributed by atoms with Gasteiger partial charge in [-0.1, -0.05) is 19.9 Å². The van der Waals surface area contributed by atoms with Gasteiger partial charge >= 0.3 is 5.97 Å². The SMILES string of the molecule is C=C(C)C(=O)OCCOCCCCOCCCC. The van der Waals surface area contributed by atoms with Crippen LogP contribution in [-0.4, -0.2) is 39.0 Å². The van der Waals surface area contributed by atoms with Gasteiger partial charge in [-0.25, -0.2) is 4.79 Å². The first-order chi connectivity index (χ1) is 8.68. The van der Waals surface area contributed by atoms with E-state index in [1.165, 1.54) is 6.42 Å². The van der Waals surface area contributed by atoms with Crippen LogP contribution in [0.2, 0.25) is 0 Å². The van der Waals surface area contributed by atoms with Crippen LogP contribution in [0, 0.1) is 0 Å². The molecular weight excluding hydrogens is 232 g/mol. The summed E-state index contributed by atoms with van der Waals surface area (Å²) in [5.41, 5.74) is 0.416. The van der Waals surface area contributed by atoms with Crippen LogP contribution < -0.4 is 0 Å². The second kappa shape index (κ2) is 12.6. The first-order valence-corrected chi connectivity index (χ1v) is 6.66. The maximum absolute atomic E-state index is 11.0. The van der Waals surface area contributed by atoms with Crippen molar-refractivity contribution in [1.82, 2.24) is 0 Å². The largest absolute Gasteiger partial charge is 0.460 e. The summed E-state index contributed by atoms with van der Waals surface area (Å²) >= 11 is 0. The van der Waals surface area contributed by atoms with E-state index in [4.69, 9.17) is 14.2 Å². The minimum Gasteiger partial charge on any atom is -0.460 e. The van der Waals surface area contributed by atoms with Gasteiger partial charge in [0.2, 0.25) is 0 Å². The molecule has 4 nitrogen and oxygen atoms in total. The molecule has 0 aromatic rings. The third-order valence-electron chi connectivity index (χ3n) is 2.28. The summed E-state index contributed by atoms with van der Waals surface area (Å²) in [5, 5.41) is 0. The molecule has 0 aliphatic heterocycles. The van der Waals surface area contributed by atoms with Gasteiger partial charge in [0.1, 0.15) is 6.61 Å². The standard InChI is InChI=1S/C14H26O4/c1-4-5-8-16-9-6-7-10-17-11-12-18-14(15)13(2)3/h2,4-12H2,1,3H3. The molecule has 0 saturated carbocycles. The molecule has 0 spiro atoms. The molecule has 0 heterocycles. The normalized spacial score (nSPS) is 10.3. The molecule has 0 amide bonds. The van der Waals surface area contributed by atoms with Crippen molar-refractivity contribution in [3.63, 3.8) is 0 Å². The van der Waals surface area contributed by atoms with Crippen LogP contribution >= 0.6 is 0 Å². The van der Waals surface area contributed by atoms with E-state index in [1.54, 1.807) is 6.92 Å². The smallest absolute Gasteiger partial charge is 0.333 e. The minimum atomic E-state index is -0.358. The lowest BCUT2D eigenvalue weighted by Gasteiger charge is -2.06. The Hall–Kier alpha value is -0.870. The van der Waals surface area contributed by atoms with Gasteiger partial charge in [-0.05, 0) is 26.2 Å². The van der Waals surface area contributed by atoms with Crippen LogP contribution in [0.15, 0.2) is 12.2 Å². The Bertz CT molecular complexity index is 226. The van der Waals surface area contributed by atoms with E-state index < -0.39 is 0 Å². The molecule has 0 atom stereocenters. The fraction of sp³-hybridized carbons (Fsp3) is 0.786. The third kappa shape index (κ3) is 11.6. The first-order valence-electron chi connectivity index (χ1n) is 6.66. The van der Waals surface area contributed by atoms with Gasteiger partial charge in [-0.2, -0.15) is 0 Å². The van der Waals surface area contributed by atoms with E-state index in [-0.39, 0.29) is 5.97 Å². The predicted octanol–water partition coefficient (Wildman–Crippen LogP) is 2.72. The monoisotopic (exact) mass is 258 g/mol. The molecule has 0 radical (unpaired) electrons. The van der Waals surface area contributed by atoms with Gasteiger partial charge in [0, 0.05) is 25.4 Å². The zero-order valence-electron chi connectivity index (χ0n) is 11.7. The van der Waals surface area contributed by atoms with Gasteiger partial charge in [-0.3, -0.25) is 0 Å². The Morgan fingerprint density at radius 3 is 2.06 bits per heavy atom. The molecule has 0 aromatic heterocycles. The molecule has 18 heavy (non-hydrogen) atoms. The first kappa shape index (κ1) is 17.1. The quantitative estimate of drug-likeness (QED) is 0.307. The molecule has 0 rings (SSSR count). The van der Waals surface area contributed by atoms with Crippen molar-refractivity contribution in [2.75, 3.05) is 33.0 Å². The Kier molecular flexibility index (Phi) is 12.0. The number of hydrogen-bond acceptors (Lipinski definition) is 4. The molecule has 0 aromatic carbocycles. The molecule has 0 N–H and O–H groups in total. The predicted molar refractivity (Wildman–Crippen MR) is 71.6 cm³/mol. The lowest BCUT2D eigenvalue weighted by Crippen LogP contribution is -2.11. The van der Waals surface area contributed by atoms with E-state index in [9.17, 15) is 4.79 Å². The van der Waals surface area contributed by atoms with Crippen LogP contribution in [0.3, 0.4) is 0 Å². The number of esters is 1. The van der Waals surface area contributed by atoms with Gasteiger partial charge in [0.15, 0.2) is 0 Å². The van der Waals surface area contributed by atoms with E-state index in [2.05, 4.69) is 13.5 Å². The highest BCUT2D eigenvalue weighted by Gasteiger charge is 2.01. The summed E-state index contributed by atoms with van der Waals surface area (Å²) in [4.78, 5) is 11.0. The van der Waals surface area contributed by atoms with Crippen molar-refractivity contribution in [3.05, 3.63) is 12.2 Å². The summed E-state index contributed by atoms with van der Waals surface area (Å²) in [6, 6.07) is 0. The molecule has 0 bridgehead atoms. The highest BCUT2D eigenvalue weighted by Crippen LogP contribution is 1.95. The van der Waals surface area contributed by atoms with Gasteiger partial charge < -0.3 is 14.2 Å². The lowest BCUT2D eigenvalue weighted by molar-refractivity contribution is -0.140. The Balaban J connectivity index is 3.07. The summed E-state index contributed by atoms with van der Waals surface area (Å²) < 4.78 is 15.6. The number of rotatable bonds is 12. The number of carbonyl (C=O) groups is 1. The summed E-state index contributed by atoms with van der Waals surface area (Å²) in [6.45, 7) is 10.3. The Labute approximate surface area is 110 Å². The van der Waals surface area contributed by atoms with E-state index in [0.29, 0.717) is 25.4 Å². The average molecular weight is 258 g/mol. The van der Waals surface area contributed by atoms with E-state index in [1.807, 2.05) is 0 Å². The molecule has 106 valence electrons. The molecule has 0 fully saturated rings. The van der Waals surface area contributed by atoms with Crippen LogP contribution in [0.25, 0.3) is 0 Å². The maximum atomic E-state index is 11.0. The van der Waals surface area contributed by atoms with Crippen molar-refractivity contribution in [1.29, 1.82) is 0 Å². The van der Waals surface area contributed by atoms with Crippen molar-refractivity contribution < 1.29 is 19.0 Å². The van der Waals surface area contributed by atoms with E-state index in [0.717, 1.165) is 32.5 Å². The van der Waals surface area contributed by atoms with Crippen LogP contribution in [0.5, 0.6) is 0 Å². The molecule has 0 aliphatic carbocycles. The third-order valence-corrected chi connectivity index (χ3v) is 2.28. The second-order valence-electron chi connectivity index (χ2n) is 4.20. The number of ether oxygens (including phenoxy) is 3. The van der Waals surface area contributed by atoms with Gasteiger partial charge in [-0.15, -0.1) is 0 Å². The molecular formula is C14H26O4. The zero-order valence-corrected chi connectivity index (χ0v) is 11.7. The molecule has 0 saturated heterocycles. The highest BCUT2D eigenvalue weighted by atomic mass is 16.6. The van der Waals surface area contributed by atoms with Crippen molar-refractivity contribution >= 4 is 5.97 Å². The average Bonchev–Trinajstić information content (AvgIpc) is 2.35. The Morgan fingerprint density at radius 1 is 0.944 bits per heavy atom. The van der Waals surface area contributed by atoms with Gasteiger partial charge in [0.25, 0.3) is 0 Å².